The highest BCUT2D eigenvalue weighted by Crippen LogP contribution is 2.36. The lowest BCUT2D eigenvalue weighted by Gasteiger charge is -2.24. The van der Waals surface area contributed by atoms with Crippen molar-refractivity contribution in [3.63, 3.8) is 0 Å². The van der Waals surface area contributed by atoms with Gasteiger partial charge in [-0.15, -0.1) is 0 Å². The lowest BCUT2D eigenvalue weighted by atomic mass is 10.1. The van der Waals surface area contributed by atoms with E-state index >= 15 is 0 Å². The summed E-state index contributed by atoms with van der Waals surface area (Å²) in [6, 6.07) is 6.01. The molecule has 1 fully saturated rings. The molecule has 0 amide bonds. The maximum atomic E-state index is 5.40. The summed E-state index contributed by atoms with van der Waals surface area (Å²) in [5.41, 5.74) is 1.10. The molecule has 122 valence electrons. The van der Waals surface area contributed by atoms with Crippen molar-refractivity contribution in [2.45, 2.75) is 31.1 Å². The standard InChI is InChI=1S/C16H24BrN3OS/c1-16(7-4-8-22-16)11-20-15(18-2)19-10-12-9-13(17)5-6-14(12)21-3/h5-6,9H,4,7-8,10-11H2,1-3H3,(H2,18,19,20). The molecule has 1 aliphatic heterocycles. The van der Waals surface area contributed by atoms with Crippen LogP contribution in [0.1, 0.15) is 25.3 Å². The summed E-state index contributed by atoms with van der Waals surface area (Å²) in [5, 5.41) is 6.80. The Labute approximate surface area is 145 Å². The van der Waals surface area contributed by atoms with E-state index in [1.54, 1.807) is 14.2 Å². The number of ether oxygens (including phenoxy) is 1. The van der Waals surface area contributed by atoms with Crippen LogP contribution in [-0.2, 0) is 6.54 Å². The number of nitrogens with one attached hydrogen (secondary N) is 2. The van der Waals surface area contributed by atoms with Crippen molar-refractivity contribution in [2.24, 2.45) is 4.99 Å². The number of benzene rings is 1. The number of aliphatic imine (C=N–C) groups is 1. The van der Waals surface area contributed by atoms with Gasteiger partial charge in [0.15, 0.2) is 5.96 Å². The molecule has 1 aromatic rings. The zero-order chi connectivity index (χ0) is 16.0. The van der Waals surface area contributed by atoms with Crippen molar-refractivity contribution in [1.29, 1.82) is 0 Å². The number of thioether (sulfide) groups is 1. The minimum absolute atomic E-state index is 0.324. The van der Waals surface area contributed by atoms with Gasteiger partial charge >= 0.3 is 0 Å². The van der Waals surface area contributed by atoms with Crippen molar-refractivity contribution in [3.05, 3.63) is 28.2 Å². The second-order valence-corrected chi connectivity index (χ2v) is 8.24. The molecule has 1 aliphatic rings. The van der Waals surface area contributed by atoms with Gasteiger partial charge in [-0.25, -0.2) is 0 Å². The normalized spacial score (nSPS) is 21.7. The Hall–Kier alpha value is -0.880. The van der Waals surface area contributed by atoms with Crippen LogP contribution in [-0.4, -0.2) is 37.2 Å². The van der Waals surface area contributed by atoms with Gasteiger partial charge in [0, 0.05) is 34.9 Å². The number of rotatable bonds is 5. The van der Waals surface area contributed by atoms with Crippen LogP contribution in [0.25, 0.3) is 0 Å². The summed E-state index contributed by atoms with van der Waals surface area (Å²) < 4.78 is 6.77. The maximum absolute atomic E-state index is 5.40. The smallest absolute Gasteiger partial charge is 0.191 e. The molecule has 1 heterocycles. The van der Waals surface area contributed by atoms with Gasteiger partial charge < -0.3 is 15.4 Å². The number of guanidine groups is 1. The van der Waals surface area contributed by atoms with Gasteiger partial charge in [0.05, 0.1) is 7.11 Å². The van der Waals surface area contributed by atoms with Crippen LogP contribution < -0.4 is 15.4 Å². The third-order valence-electron chi connectivity index (χ3n) is 3.84. The van der Waals surface area contributed by atoms with Crippen LogP contribution in [0.4, 0.5) is 0 Å². The molecule has 0 saturated carbocycles. The molecule has 4 nitrogen and oxygen atoms in total. The number of methoxy groups -OCH3 is 1. The fourth-order valence-corrected chi connectivity index (χ4v) is 4.18. The molecule has 0 aliphatic carbocycles. The molecular weight excluding hydrogens is 362 g/mol. The van der Waals surface area contributed by atoms with Crippen molar-refractivity contribution in [3.8, 4) is 5.75 Å². The van der Waals surface area contributed by atoms with Crippen LogP contribution in [0.15, 0.2) is 27.7 Å². The van der Waals surface area contributed by atoms with E-state index < -0.39 is 0 Å². The number of hydrogen-bond donors (Lipinski definition) is 2. The van der Waals surface area contributed by atoms with Crippen LogP contribution in [0.5, 0.6) is 5.75 Å². The van der Waals surface area contributed by atoms with E-state index in [0.29, 0.717) is 11.3 Å². The highest BCUT2D eigenvalue weighted by molar-refractivity contribution is 9.10. The molecular formula is C16H24BrN3OS. The Kier molecular flexibility index (Phi) is 6.44. The van der Waals surface area contributed by atoms with Crippen LogP contribution in [0, 0.1) is 0 Å². The highest BCUT2D eigenvalue weighted by Gasteiger charge is 2.29. The average Bonchev–Trinajstić information content (AvgIpc) is 2.95. The molecule has 0 bridgehead atoms. The Morgan fingerprint density at radius 1 is 1.45 bits per heavy atom. The summed E-state index contributed by atoms with van der Waals surface area (Å²) >= 11 is 5.55. The fourth-order valence-electron chi connectivity index (χ4n) is 2.53. The second kappa shape index (κ2) is 8.11. The van der Waals surface area contributed by atoms with E-state index in [-0.39, 0.29) is 0 Å². The van der Waals surface area contributed by atoms with Gasteiger partial charge in [0.2, 0.25) is 0 Å². The molecule has 2 N–H and O–H groups in total. The second-order valence-electron chi connectivity index (χ2n) is 5.64. The van der Waals surface area contributed by atoms with Gasteiger partial charge in [-0.1, -0.05) is 15.9 Å². The van der Waals surface area contributed by atoms with Crippen molar-refractivity contribution in [1.82, 2.24) is 10.6 Å². The van der Waals surface area contributed by atoms with Gasteiger partial charge in [0.25, 0.3) is 0 Å². The van der Waals surface area contributed by atoms with E-state index in [4.69, 9.17) is 4.74 Å². The predicted octanol–water partition coefficient (Wildman–Crippen LogP) is 3.41. The van der Waals surface area contributed by atoms with E-state index in [0.717, 1.165) is 28.3 Å². The third kappa shape index (κ3) is 4.81. The molecule has 1 aromatic carbocycles. The average molecular weight is 386 g/mol. The summed E-state index contributed by atoms with van der Waals surface area (Å²) in [6.45, 7) is 3.93. The minimum Gasteiger partial charge on any atom is -0.496 e. The lowest BCUT2D eigenvalue weighted by Crippen LogP contribution is -2.43. The molecule has 0 aromatic heterocycles. The van der Waals surface area contributed by atoms with Crippen molar-refractivity contribution in [2.75, 3.05) is 26.5 Å². The monoisotopic (exact) mass is 385 g/mol. The number of nitrogens with zero attached hydrogens (tertiary/aromatic N) is 1. The first kappa shape index (κ1) is 17.5. The Balaban J connectivity index is 1.90. The van der Waals surface area contributed by atoms with E-state index in [1.165, 1.54) is 18.6 Å². The van der Waals surface area contributed by atoms with Crippen LogP contribution >= 0.6 is 27.7 Å². The first-order valence-electron chi connectivity index (χ1n) is 7.47. The van der Waals surface area contributed by atoms with Gasteiger partial charge in [-0.2, -0.15) is 11.8 Å². The lowest BCUT2D eigenvalue weighted by molar-refractivity contribution is 0.409. The van der Waals surface area contributed by atoms with Crippen LogP contribution in [0.2, 0.25) is 0 Å². The molecule has 2 rings (SSSR count). The van der Waals surface area contributed by atoms with Gasteiger partial charge in [0.1, 0.15) is 5.75 Å². The maximum Gasteiger partial charge on any atom is 0.191 e. The van der Waals surface area contributed by atoms with E-state index in [9.17, 15) is 0 Å². The van der Waals surface area contributed by atoms with Gasteiger partial charge in [-0.3, -0.25) is 4.99 Å². The fraction of sp³-hybridized carbons (Fsp3) is 0.562. The summed E-state index contributed by atoms with van der Waals surface area (Å²) in [7, 11) is 3.50. The van der Waals surface area contributed by atoms with Crippen LogP contribution in [0.3, 0.4) is 0 Å². The Bertz CT molecular complexity index is 530. The van der Waals surface area contributed by atoms with E-state index in [1.807, 2.05) is 23.9 Å². The molecule has 1 atom stereocenters. The molecule has 0 radical (unpaired) electrons. The van der Waals surface area contributed by atoms with E-state index in [2.05, 4.69) is 44.5 Å². The first-order chi connectivity index (χ1) is 10.6. The van der Waals surface area contributed by atoms with Crippen molar-refractivity contribution < 1.29 is 4.74 Å². The highest BCUT2D eigenvalue weighted by atomic mass is 79.9. The topological polar surface area (TPSA) is 45.7 Å². The van der Waals surface area contributed by atoms with Gasteiger partial charge in [-0.05, 0) is 43.7 Å². The molecule has 22 heavy (non-hydrogen) atoms. The predicted molar refractivity (Wildman–Crippen MR) is 99.0 cm³/mol. The quantitative estimate of drug-likeness (QED) is 0.602. The Morgan fingerprint density at radius 3 is 2.91 bits per heavy atom. The van der Waals surface area contributed by atoms with Crippen molar-refractivity contribution >= 4 is 33.7 Å². The molecule has 1 saturated heterocycles. The summed E-state index contributed by atoms with van der Waals surface area (Å²) in [4.78, 5) is 4.31. The largest absolute Gasteiger partial charge is 0.496 e. The number of hydrogen-bond acceptors (Lipinski definition) is 3. The third-order valence-corrected chi connectivity index (χ3v) is 5.87. The Morgan fingerprint density at radius 2 is 2.27 bits per heavy atom. The first-order valence-corrected chi connectivity index (χ1v) is 9.25. The SMILES string of the molecule is CN=C(NCc1cc(Br)ccc1OC)NCC1(C)CCCS1. The summed E-state index contributed by atoms with van der Waals surface area (Å²) in [5.74, 6) is 2.97. The minimum atomic E-state index is 0.324. The number of halogens is 1. The molecule has 6 heteroatoms. The molecule has 1 unspecified atom stereocenters. The summed E-state index contributed by atoms with van der Waals surface area (Å²) in [6.07, 6.45) is 2.57. The zero-order valence-electron chi connectivity index (χ0n) is 13.4. The molecule has 0 spiro atoms. The zero-order valence-corrected chi connectivity index (χ0v) is 15.8.